The maximum absolute atomic E-state index is 11.6. The van der Waals surface area contributed by atoms with Gasteiger partial charge in [0.1, 0.15) is 5.82 Å². The summed E-state index contributed by atoms with van der Waals surface area (Å²) in [6.45, 7) is 0.995. The Bertz CT molecular complexity index is 1250. The van der Waals surface area contributed by atoms with Crippen LogP contribution < -0.4 is 5.32 Å². The summed E-state index contributed by atoms with van der Waals surface area (Å²) in [5.41, 5.74) is 5.74. The summed E-state index contributed by atoms with van der Waals surface area (Å²) in [4.78, 5) is 16.4. The highest BCUT2D eigenvalue weighted by atomic mass is 16.4. The third kappa shape index (κ3) is 4.11. The number of carbonyl (C=O) groups is 1. The topological polar surface area (TPSA) is 67.1 Å². The summed E-state index contributed by atoms with van der Waals surface area (Å²) in [6, 6.07) is 22.4. The van der Waals surface area contributed by atoms with Gasteiger partial charge in [-0.25, -0.2) is 4.98 Å². The Kier molecular flexibility index (Phi) is 5.63. The third-order valence-corrected chi connectivity index (χ3v) is 6.34. The molecular formula is C27H27N3O2. The Morgan fingerprint density at radius 3 is 2.75 bits per heavy atom. The maximum atomic E-state index is 11.6. The SMILES string of the molecule is O=C(O)CC(c1ccccc1)n1ccc2c(CCc3ccc4c(n3)NCCC4)cccc21. The average Bonchev–Trinajstić information content (AvgIpc) is 3.26. The fraction of sp³-hybridized carbons (Fsp3) is 0.259. The lowest BCUT2D eigenvalue weighted by Gasteiger charge is -2.19. The minimum atomic E-state index is -0.802. The van der Waals surface area contributed by atoms with Gasteiger partial charge in [-0.1, -0.05) is 48.5 Å². The van der Waals surface area contributed by atoms with Crippen molar-refractivity contribution in [3.63, 3.8) is 0 Å². The van der Waals surface area contributed by atoms with Crippen LogP contribution in [-0.2, 0) is 24.1 Å². The molecule has 5 nitrogen and oxygen atoms in total. The number of carboxylic acid groups (broad SMARTS) is 1. The van der Waals surface area contributed by atoms with Crippen LogP contribution in [0, 0.1) is 0 Å². The quantitative estimate of drug-likeness (QED) is 0.425. The van der Waals surface area contributed by atoms with Crippen LogP contribution >= 0.6 is 0 Å². The number of nitrogens with zero attached hydrogens (tertiary/aromatic N) is 2. The number of hydrogen-bond donors (Lipinski definition) is 2. The van der Waals surface area contributed by atoms with Crippen LogP contribution in [0.5, 0.6) is 0 Å². The molecule has 1 aliphatic rings. The Hall–Kier alpha value is -3.60. The maximum Gasteiger partial charge on any atom is 0.305 e. The van der Waals surface area contributed by atoms with Gasteiger partial charge in [0.25, 0.3) is 0 Å². The highest BCUT2D eigenvalue weighted by molar-refractivity contribution is 5.84. The van der Waals surface area contributed by atoms with E-state index in [-0.39, 0.29) is 12.5 Å². The first-order valence-electron chi connectivity index (χ1n) is 11.3. The van der Waals surface area contributed by atoms with Crippen LogP contribution in [-0.4, -0.2) is 27.2 Å². The highest BCUT2D eigenvalue weighted by Crippen LogP contribution is 2.30. The molecule has 0 spiro atoms. The minimum Gasteiger partial charge on any atom is -0.481 e. The van der Waals surface area contributed by atoms with Crippen molar-refractivity contribution in [3.8, 4) is 0 Å². The number of hydrogen-bond acceptors (Lipinski definition) is 3. The molecule has 2 aromatic carbocycles. The molecule has 2 aromatic heterocycles. The van der Waals surface area contributed by atoms with E-state index in [0.717, 1.165) is 48.4 Å². The second-order valence-corrected chi connectivity index (χ2v) is 8.44. The van der Waals surface area contributed by atoms with Crippen molar-refractivity contribution in [2.24, 2.45) is 0 Å². The first kappa shape index (κ1) is 20.3. The normalized spacial score (nSPS) is 14.0. The monoisotopic (exact) mass is 425 g/mol. The molecule has 32 heavy (non-hydrogen) atoms. The van der Waals surface area contributed by atoms with Crippen molar-refractivity contribution in [3.05, 3.63) is 95.3 Å². The molecule has 0 bridgehead atoms. The van der Waals surface area contributed by atoms with E-state index in [1.807, 2.05) is 36.5 Å². The molecule has 0 fully saturated rings. The number of aryl methyl sites for hydroxylation is 3. The van der Waals surface area contributed by atoms with E-state index in [0.29, 0.717) is 0 Å². The number of aromatic nitrogens is 2. The fourth-order valence-electron chi connectivity index (χ4n) is 4.73. The molecule has 2 N–H and O–H groups in total. The first-order chi connectivity index (χ1) is 15.7. The van der Waals surface area contributed by atoms with Crippen LogP contribution in [0.2, 0.25) is 0 Å². The van der Waals surface area contributed by atoms with Gasteiger partial charge in [0, 0.05) is 29.3 Å². The summed E-state index contributed by atoms with van der Waals surface area (Å²) < 4.78 is 2.10. The summed E-state index contributed by atoms with van der Waals surface area (Å²) in [5.74, 6) is 0.237. The molecule has 4 aromatic rings. The van der Waals surface area contributed by atoms with Gasteiger partial charge < -0.3 is 15.0 Å². The van der Waals surface area contributed by atoms with Gasteiger partial charge in [-0.2, -0.15) is 0 Å². The van der Waals surface area contributed by atoms with Gasteiger partial charge in [0.05, 0.1) is 12.5 Å². The van der Waals surface area contributed by atoms with Crippen molar-refractivity contribution in [2.45, 2.75) is 38.1 Å². The fourth-order valence-corrected chi connectivity index (χ4v) is 4.73. The number of rotatable bonds is 7. The number of nitrogens with one attached hydrogen (secondary N) is 1. The van der Waals surface area contributed by atoms with Crippen molar-refractivity contribution in [1.29, 1.82) is 0 Å². The predicted octanol–water partition coefficient (Wildman–Crippen LogP) is 5.24. The van der Waals surface area contributed by atoms with Crippen LogP contribution in [0.15, 0.2) is 72.9 Å². The number of carboxylic acids is 1. The summed E-state index contributed by atoms with van der Waals surface area (Å²) in [7, 11) is 0. The lowest BCUT2D eigenvalue weighted by Crippen LogP contribution is -2.14. The Labute approximate surface area is 187 Å². The first-order valence-corrected chi connectivity index (χ1v) is 11.3. The van der Waals surface area contributed by atoms with Gasteiger partial charge in [-0.3, -0.25) is 4.79 Å². The van der Waals surface area contributed by atoms with Crippen LogP contribution in [0.1, 0.15) is 41.3 Å². The Morgan fingerprint density at radius 2 is 1.91 bits per heavy atom. The molecule has 0 aliphatic carbocycles. The van der Waals surface area contributed by atoms with Crippen molar-refractivity contribution in [1.82, 2.24) is 9.55 Å². The van der Waals surface area contributed by atoms with E-state index < -0.39 is 5.97 Å². The molecule has 0 amide bonds. The average molecular weight is 426 g/mol. The predicted molar refractivity (Wildman–Crippen MR) is 127 cm³/mol. The lowest BCUT2D eigenvalue weighted by atomic mass is 10.0. The molecule has 0 saturated heterocycles. The van der Waals surface area contributed by atoms with Crippen LogP contribution in [0.4, 0.5) is 5.82 Å². The second kappa shape index (κ2) is 8.87. The molecule has 1 aliphatic heterocycles. The Morgan fingerprint density at radius 1 is 1.03 bits per heavy atom. The molecule has 1 unspecified atom stereocenters. The number of benzene rings is 2. The van der Waals surface area contributed by atoms with Gasteiger partial charge in [-0.05, 0) is 60.6 Å². The zero-order valence-electron chi connectivity index (χ0n) is 18.0. The molecule has 3 heterocycles. The molecule has 1 atom stereocenters. The van der Waals surface area contributed by atoms with Gasteiger partial charge in [0.15, 0.2) is 0 Å². The van der Waals surface area contributed by atoms with Crippen molar-refractivity contribution < 1.29 is 9.90 Å². The summed E-state index contributed by atoms with van der Waals surface area (Å²) in [5, 5.41) is 14.1. The number of anilines is 1. The van der Waals surface area contributed by atoms with E-state index in [2.05, 4.69) is 46.3 Å². The number of aliphatic carboxylic acids is 1. The van der Waals surface area contributed by atoms with Crippen LogP contribution in [0.3, 0.4) is 0 Å². The number of pyridine rings is 1. The molecular weight excluding hydrogens is 398 g/mol. The number of fused-ring (bicyclic) bond motifs is 2. The molecule has 5 heteroatoms. The van der Waals surface area contributed by atoms with Gasteiger partial charge in [0.2, 0.25) is 0 Å². The van der Waals surface area contributed by atoms with Gasteiger partial charge in [-0.15, -0.1) is 0 Å². The zero-order chi connectivity index (χ0) is 21.9. The van der Waals surface area contributed by atoms with E-state index in [1.54, 1.807) is 0 Å². The van der Waals surface area contributed by atoms with E-state index >= 15 is 0 Å². The standard InChI is InChI=1S/C27H27N3O2/c31-26(32)18-25(20-6-2-1-3-7-20)30-17-15-23-19(8-4-10-24(23)30)11-13-22-14-12-21-9-5-16-28-27(21)29-22/h1-4,6-8,10,12,14-15,17,25H,5,9,11,13,16,18H2,(H,28,29)(H,31,32). The van der Waals surface area contributed by atoms with E-state index in [4.69, 9.17) is 4.98 Å². The summed E-state index contributed by atoms with van der Waals surface area (Å²) in [6.07, 6.45) is 6.10. The van der Waals surface area contributed by atoms with Crippen molar-refractivity contribution >= 4 is 22.7 Å². The van der Waals surface area contributed by atoms with Crippen molar-refractivity contribution in [2.75, 3.05) is 11.9 Å². The molecule has 0 radical (unpaired) electrons. The minimum absolute atomic E-state index is 0.0457. The van der Waals surface area contributed by atoms with Gasteiger partial charge >= 0.3 is 5.97 Å². The van der Waals surface area contributed by atoms with E-state index in [9.17, 15) is 9.90 Å². The van der Waals surface area contributed by atoms with Crippen LogP contribution in [0.25, 0.3) is 10.9 Å². The zero-order valence-corrected chi connectivity index (χ0v) is 18.0. The second-order valence-electron chi connectivity index (χ2n) is 8.44. The smallest absolute Gasteiger partial charge is 0.305 e. The largest absolute Gasteiger partial charge is 0.481 e. The molecule has 0 saturated carbocycles. The molecule has 162 valence electrons. The third-order valence-electron chi connectivity index (χ3n) is 6.34. The lowest BCUT2D eigenvalue weighted by molar-refractivity contribution is -0.137. The molecule has 5 rings (SSSR count). The van der Waals surface area contributed by atoms with E-state index in [1.165, 1.54) is 22.9 Å². The summed E-state index contributed by atoms with van der Waals surface area (Å²) >= 11 is 0. The highest BCUT2D eigenvalue weighted by Gasteiger charge is 2.19. The Balaban J connectivity index is 1.43.